The maximum Gasteiger partial charge on any atom is 0.130 e. The molecule has 4 heteroatoms. The van der Waals surface area contributed by atoms with Gasteiger partial charge in [-0.3, -0.25) is 0 Å². The van der Waals surface area contributed by atoms with Crippen LogP contribution in [0.2, 0.25) is 0 Å². The molecule has 0 bridgehead atoms. The van der Waals surface area contributed by atoms with Gasteiger partial charge in [0.2, 0.25) is 0 Å². The van der Waals surface area contributed by atoms with Crippen molar-refractivity contribution in [1.82, 2.24) is 9.97 Å². The highest BCUT2D eigenvalue weighted by Crippen LogP contribution is 2.33. The van der Waals surface area contributed by atoms with E-state index in [2.05, 4.69) is 9.97 Å². The van der Waals surface area contributed by atoms with Crippen LogP contribution in [0.15, 0.2) is 12.4 Å². The van der Waals surface area contributed by atoms with E-state index in [4.69, 9.17) is 0 Å². The molecule has 0 N–H and O–H groups in total. The molecule has 1 aromatic rings. The Morgan fingerprint density at radius 2 is 1.69 bits per heavy atom. The zero-order valence-corrected chi connectivity index (χ0v) is 9.38. The van der Waals surface area contributed by atoms with Crippen LogP contribution in [0.5, 0.6) is 0 Å². The average molecular weight is 198 g/mol. The van der Waals surface area contributed by atoms with Crippen LogP contribution in [0.4, 0.5) is 0 Å². The molecular formula is C9H15N2OP. The van der Waals surface area contributed by atoms with Gasteiger partial charge in [0.15, 0.2) is 0 Å². The number of rotatable bonds is 2. The number of aromatic nitrogens is 2. The zero-order chi connectivity index (χ0) is 10.1. The summed E-state index contributed by atoms with van der Waals surface area (Å²) in [6.07, 6.45) is 3.34. The Morgan fingerprint density at radius 3 is 2.00 bits per heavy atom. The second-order valence-electron chi connectivity index (χ2n) is 3.81. The van der Waals surface area contributed by atoms with Gasteiger partial charge in [-0.1, -0.05) is 13.8 Å². The zero-order valence-electron chi connectivity index (χ0n) is 8.48. The topological polar surface area (TPSA) is 42.9 Å². The molecule has 0 spiro atoms. The van der Waals surface area contributed by atoms with Crippen LogP contribution in [0, 0.1) is 0 Å². The van der Waals surface area contributed by atoms with Gasteiger partial charge >= 0.3 is 0 Å². The van der Waals surface area contributed by atoms with Crippen molar-refractivity contribution >= 4 is 12.4 Å². The van der Waals surface area contributed by atoms with Gasteiger partial charge in [-0.2, -0.15) is 0 Å². The van der Waals surface area contributed by atoms with Crippen molar-refractivity contribution in [3.05, 3.63) is 18.2 Å². The summed E-state index contributed by atoms with van der Waals surface area (Å²) in [5, 5.41) is 0.747. The summed E-state index contributed by atoms with van der Waals surface area (Å²) >= 11 is 0. The van der Waals surface area contributed by atoms with Gasteiger partial charge in [0.1, 0.15) is 13.0 Å². The number of hydrogen-bond acceptors (Lipinski definition) is 3. The molecule has 72 valence electrons. The van der Waals surface area contributed by atoms with Crippen molar-refractivity contribution in [2.75, 3.05) is 13.3 Å². The van der Waals surface area contributed by atoms with E-state index in [9.17, 15) is 4.57 Å². The lowest BCUT2D eigenvalue weighted by atomic mass is 10.2. The molecule has 0 aliphatic carbocycles. The monoisotopic (exact) mass is 198 g/mol. The normalized spacial score (nSPS) is 12.1. The van der Waals surface area contributed by atoms with Gasteiger partial charge < -0.3 is 4.57 Å². The Kier molecular flexibility index (Phi) is 2.87. The van der Waals surface area contributed by atoms with E-state index in [0.29, 0.717) is 5.92 Å². The Hall–Kier alpha value is -0.690. The third kappa shape index (κ3) is 2.63. The minimum atomic E-state index is -2.19. The van der Waals surface area contributed by atoms with Crippen molar-refractivity contribution in [1.29, 1.82) is 0 Å². The summed E-state index contributed by atoms with van der Waals surface area (Å²) in [4.78, 5) is 8.32. The van der Waals surface area contributed by atoms with Crippen LogP contribution in [-0.2, 0) is 4.57 Å². The molecule has 1 aromatic heterocycles. The van der Waals surface area contributed by atoms with Crippen LogP contribution in [0.3, 0.4) is 0 Å². The first-order valence-electron chi connectivity index (χ1n) is 4.28. The first-order valence-corrected chi connectivity index (χ1v) is 6.89. The van der Waals surface area contributed by atoms with Crippen molar-refractivity contribution in [2.45, 2.75) is 19.8 Å². The van der Waals surface area contributed by atoms with Gasteiger partial charge in [0.25, 0.3) is 0 Å². The second-order valence-corrected chi connectivity index (χ2v) is 7.02. The summed E-state index contributed by atoms with van der Waals surface area (Å²) in [7, 11) is -2.19. The summed E-state index contributed by atoms with van der Waals surface area (Å²) in [6.45, 7) is 7.51. The minimum Gasteiger partial charge on any atom is -0.319 e. The molecule has 3 nitrogen and oxygen atoms in total. The molecule has 0 aliphatic rings. The summed E-state index contributed by atoms with van der Waals surface area (Å²) in [5.41, 5.74) is 0. The smallest absolute Gasteiger partial charge is 0.130 e. The molecule has 0 saturated carbocycles. The summed E-state index contributed by atoms with van der Waals surface area (Å²) in [5.74, 6) is 1.12. The maximum atomic E-state index is 11.6. The summed E-state index contributed by atoms with van der Waals surface area (Å²) in [6, 6.07) is 0. The molecule has 0 amide bonds. The van der Waals surface area contributed by atoms with E-state index >= 15 is 0 Å². The standard InChI is InChI=1S/C9H15N2OP/c1-7(2)9-10-5-8(6-11-9)13(3,4)12/h5-7H,1-4H3. The number of nitrogens with zero attached hydrogens (tertiary/aromatic N) is 2. The highest BCUT2D eigenvalue weighted by Gasteiger charge is 2.12. The second kappa shape index (κ2) is 3.59. The third-order valence-electron chi connectivity index (χ3n) is 1.80. The molecule has 0 saturated heterocycles. The van der Waals surface area contributed by atoms with Crippen molar-refractivity contribution in [3.8, 4) is 0 Å². The van der Waals surface area contributed by atoms with Gasteiger partial charge in [0.05, 0.1) is 0 Å². The Balaban J connectivity index is 3.01. The fraction of sp³-hybridized carbons (Fsp3) is 0.556. The fourth-order valence-corrected chi connectivity index (χ4v) is 1.58. The predicted octanol–water partition coefficient (Wildman–Crippen LogP) is 1.85. The lowest BCUT2D eigenvalue weighted by Gasteiger charge is -2.07. The third-order valence-corrected chi connectivity index (χ3v) is 3.27. The highest BCUT2D eigenvalue weighted by atomic mass is 31.2. The fourth-order valence-electron chi connectivity index (χ4n) is 0.907. The van der Waals surface area contributed by atoms with Crippen LogP contribution in [-0.4, -0.2) is 23.3 Å². The average Bonchev–Trinajstić information content (AvgIpc) is 2.03. The molecule has 0 aromatic carbocycles. The SMILES string of the molecule is CC(C)c1ncc(P(C)(C)=O)cn1. The van der Waals surface area contributed by atoms with Crippen LogP contribution in [0.1, 0.15) is 25.6 Å². The van der Waals surface area contributed by atoms with E-state index in [0.717, 1.165) is 11.1 Å². The molecule has 0 radical (unpaired) electrons. The van der Waals surface area contributed by atoms with Crippen LogP contribution < -0.4 is 5.30 Å². The van der Waals surface area contributed by atoms with E-state index in [-0.39, 0.29) is 0 Å². The Bertz CT molecular complexity index is 326. The maximum absolute atomic E-state index is 11.6. The molecule has 1 rings (SSSR count). The number of hydrogen-bond donors (Lipinski definition) is 0. The minimum absolute atomic E-state index is 0.321. The van der Waals surface area contributed by atoms with Crippen molar-refractivity contribution in [3.63, 3.8) is 0 Å². The summed E-state index contributed by atoms with van der Waals surface area (Å²) < 4.78 is 11.6. The van der Waals surface area contributed by atoms with E-state index in [1.54, 1.807) is 25.7 Å². The van der Waals surface area contributed by atoms with Gasteiger partial charge in [-0.15, -0.1) is 0 Å². The molecule has 0 fully saturated rings. The Labute approximate surface area is 79.0 Å². The first-order chi connectivity index (χ1) is 5.91. The lowest BCUT2D eigenvalue weighted by Crippen LogP contribution is -2.08. The predicted molar refractivity (Wildman–Crippen MR) is 55.2 cm³/mol. The van der Waals surface area contributed by atoms with E-state index < -0.39 is 7.14 Å². The van der Waals surface area contributed by atoms with E-state index in [1.165, 1.54) is 0 Å². The quantitative estimate of drug-likeness (QED) is 0.681. The van der Waals surface area contributed by atoms with E-state index in [1.807, 2.05) is 13.8 Å². The molecule has 13 heavy (non-hydrogen) atoms. The molecular weight excluding hydrogens is 183 g/mol. The first kappa shape index (κ1) is 10.4. The van der Waals surface area contributed by atoms with Gasteiger partial charge in [-0.05, 0) is 13.3 Å². The van der Waals surface area contributed by atoms with Gasteiger partial charge in [-0.25, -0.2) is 9.97 Å². The highest BCUT2D eigenvalue weighted by molar-refractivity contribution is 7.70. The largest absolute Gasteiger partial charge is 0.319 e. The van der Waals surface area contributed by atoms with Crippen molar-refractivity contribution in [2.24, 2.45) is 0 Å². The molecule has 0 aliphatic heterocycles. The molecule has 0 atom stereocenters. The molecule has 0 unspecified atom stereocenters. The van der Waals surface area contributed by atoms with Gasteiger partial charge in [0, 0.05) is 23.6 Å². The Morgan fingerprint density at radius 1 is 1.23 bits per heavy atom. The van der Waals surface area contributed by atoms with Crippen molar-refractivity contribution < 1.29 is 4.57 Å². The lowest BCUT2D eigenvalue weighted by molar-refractivity contribution is 0.588. The molecule has 1 heterocycles. The van der Waals surface area contributed by atoms with Crippen LogP contribution in [0.25, 0.3) is 0 Å². The van der Waals surface area contributed by atoms with Crippen LogP contribution >= 0.6 is 7.14 Å².